The van der Waals surface area contributed by atoms with Crippen molar-refractivity contribution in [3.05, 3.63) is 47.0 Å². The number of rotatable bonds is 7. The summed E-state index contributed by atoms with van der Waals surface area (Å²) < 4.78 is 0. The summed E-state index contributed by atoms with van der Waals surface area (Å²) in [6.45, 7) is 0. The fraction of sp³-hybridized carbons (Fsp3) is 0.621. The number of H-pyrrole nitrogens is 1. The number of aromatic nitrogens is 2. The van der Waals surface area contributed by atoms with Gasteiger partial charge in [0.1, 0.15) is 11.5 Å². The lowest BCUT2D eigenvalue weighted by Gasteiger charge is -2.57. The predicted molar refractivity (Wildman–Crippen MR) is 137 cm³/mol. The second-order valence-corrected chi connectivity index (χ2v) is 12.2. The number of benzene rings is 1. The third kappa shape index (κ3) is 4.70. The van der Waals surface area contributed by atoms with Gasteiger partial charge in [0.15, 0.2) is 0 Å². The standard InChI is InChI=1S/C29H38N4O3/c34-27(33-36)22-7-4-8-23(14-22)30-28(35)25-24(31-26(32-25)21-5-2-1-3-6-21)9-10-29-15-18-11-19(16-29)13-20(12-18)17-29/h4,7-8,14,18-21,36H,1-3,5-6,9-13,15-17H2,(H,30,35)(H,31,32)(H,33,34). The molecule has 4 N–H and O–H groups in total. The average molecular weight is 491 g/mol. The summed E-state index contributed by atoms with van der Waals surface area (Å²) in [5, 5.41) is 11.9. The summed E-state index contributed by atoms with van der Waals surface area (Å²) in [6, 6.07) is 6.59. The molecular weight excluding hydrogens is 452 g/mol. The fourth-order valence-corrected chi connectivity index (χ4v) is 8.35. The van der Waals surface area contributed by atoms with Gasteiger partial charge in [-0.05, 0) is 106 Å². The van der Waals surface area contributed by atoms with E-state index in [-0.39, 0.29) is 11.5 Å². The number of nitrogens with one attached hydrogen (secondary N) is 3. The molecule has 192 valence electrons. The number of hydrogen-bond donors (Lipinski definition) is 4. The number of hydroxylamine groups is 1. The molecule has 36 heavy (non-hydrogen) atoms. The van der Waals surface area contributed by atoms with E-state index in [0.717, 1.165) is 55.0 Å². The van der Waals surface area contributed by atoms with Crippen LogP contribution in [-0.2, 0) is 6.42 Å². The zero-order chi connectivity index (χ0) is 24.7. The van der Waals surface area contributed by atoms with Crippen LogP contribution in [0.1, 0.15) is 115 Å². The van der Waals surface area contributed by atoms with E-state index in [9.17, 15) is 9.59 Å². The van der Waals surface area contributed by atoms with Crippen LogP contribution in [0, 0.1) is 23.2 Å². The molecule has 7 rings (SSSR count). The maximum absolute atomic E-state index is 13.5. The molecule has 0 saturated heterocycles. The Morgan fingerprint density at radius 2 is 1.69 bits per heavy atom. The Balaban J connectivity index is 1.23. The molecule has 0 radical (unpaired) electrons. The number of carbonyl (C=O) groups is 2. The van der Waals surface area contributed by atoms with Crippen molar-refractivity contribution in [2.75, 3.05) is 5.32 Å². The molecule has 5 saturated carbocycles. The third-order valence-electron chi connectivity index (χ3n) is 9.56. The lowest BCUT2D eigenvalue weighted by atomic mass is 9.48. The molecule has 0 aliphatic heterocycles. The molecule has 5 fully saturated rings. The molecule has 5 aliphatic rings. The van der Waals surface area contributed by atoms with Gasteiger partial charge in [-0.1, -0.05) is 25.3 Å². The van der Waals surface area contributed by atoms with Gasteiger partial charge in [-0.3, -0.25) is 14.8 Å². The smallest absolute Gasteiger partial charge is 0.276 e. The Morgan fingerprint density at radius 1 is 1.00 bits per heavy atom. The van der Waals surface area contributed by atoms with Crippen molar-refractivity contribution in [1.82, 2.24) is 15.4 Å². The first-order valence-corrected chi connectivity index (χ1v) is 13.9. The first kappa shape index (κ1) is 23.7. The van der Waals surface area contributed by atoms with Crippen molar-refractivity contribution >= 4 is 17.5 Å². The average Bonchev–Trinajstić information content (AvgIpc) is 3.32. The molecule has 1 aromatic heterocycles. The number of hydrogen-bond acceptors (Lipinski definition) is 4. The van der Waals surface area contributed by atoms with E-state index in [1.807, 2.05) is 0 Å². The highest BCUT2D eigenvalue weighted by molar-refractivity contribution is 6.04. The van der Waals surface area contributed by atoms with Crippen molar-refractivity contribution in [3.8, 4) is 0 Å². The maximum atomic E-state index is 13.5. The third-order valence-corrected chi connectivity index (χ3v) is 9.56. The minimum atomic E-state index is -0.610. The highest BCUT2D eigenvalue weighted by Crippen LogP contribution is 2.61. The minimum Gasteiger partial charge on any atom is -0.345 e. The van der Waals surface area contributed by atoms with Gasteiger partial charge in [0.25, 0.3) is 11.8 Å². The van der Waals surface area contributed by atoms with Crippen molar-refractivity contribution < 1.29 is 14.8 Å². The summed E-state index contributed by atoms with van der Waals surface area (Å²) in [4.78, 5) is 33.8. The molecular formula is C29H38N4O3. The Labute approximate surface area is 212 Å². The topological polar surface area (TPSA) is 107 Å². The van der Waals surface area contributed by atoms with Crippen LogP contribution in [0.5, 0.6) is 0 Å². The second kappa shape index (κ2) is 9.66. The first-order valence-electron chi connectivity index (χ1n) is 13.9. The highest BCUT2D eigenvalue weighted by atomic mass is 16.5. The van der Waals surface area contributed by atoms with Gasteiger partial charge in [-0.15, -0.1) is 0 Å². The molecule has 0 spiro atoms. The molecule has 1 heterocycles. The number of carbonyl (C=O) groups excluding carboxylic acids is 2. The molecule has 7 heteroatoms. The number of nitrogens with zero attached hydrogens (tertiary/aromatic N) is 1. The molecule has 0 unspecified atom stereocenters. The van der Waals surface area contributed by atoms with Gasteiger partial charge in [0.2, 0.25) is 0 Å². The highest BCUT2D eigenvalue weighted by Gasteiger charge is 2.50. The van der Waals surface area contributed by atoms with Crippen LogP contribution >= 0.6 is 0 Å². The van der Waals surface area contributed by atoms with Gasteiger partial charge in [-0.2, -0.15) is 0 Å². The molecule has 1 aromatic carbocycles. The van der Waals surface area contributed by atoms with E-state index in [4.69, 9.17) is 10.2 Å². The Kier molecular flexibility index (Phi) is 6.36. The van der Waals surface area contributed by atoms with E-state index < -0.39 is 5.91 Å². The molecule has 2 aromatic rings. The molecule has 4 bridgehead atoms. The predicted octanol–water partition coefficient (Wildman–Crippen LogP) is 5.98. The summed E-state index contributed by atoms with van der Waals surface area (Å²) >= 11 is 0. The van der Waals surface area contributed by atoms with Crippen molar-refractivity contribution in [2.45, 2.75) is 89.4 Å². The van der Waals surface area contributed by atoms with Gasteiger partial charge in [0.05, 0.1) is 0 Å². The summed E-state index contributed by atoms with van der Waals surface area (Å²) in [5.41, 5.74) is 4.35. The van der Waals surface area contributed by atoms with Crippen molar-refractivity contribution in [1.29, 1.82) is 0 Å². The van der Waals surface area contributed by atoms with Gasteiger partial charge in [-0.25, -0.2) is 10.5 Å². The number of anilines is 1. The molecule has 0 atom stereocenters. The fourth-order valence-electron chi connectivity index (χ4n) is 8.35. The largest absolute Gasteiger partial charge is 0.345 e. The van der Waals surface area contributed by atoms with Crippen LogP contribution in [0.4, 0.5) is 5.69 Å². The second-order valence-electron chi connectivity index (χ2n) is 12.2. The van der Waals surface area contributed by atoms with Crippen LogP contribution in [0.25, 0.3) is 0 Å². The van der Waals surface area contributed by atoms with Gasteiger partial charge in [0, 0.05) is 22.9 Å². The number of amides is 2. The summed E-state index contributed by atoms with van der Waals surface area (Å²) in [6.07, 6.45) is 16.4. The maximum Gasteiger partial charge on any atom is 0.276 e. The Bertz CT molecular complexity index is 1100. The van der Waals surface area contributed by atoms with E-state index >= 15 is 0 Å². The SMILES string of the molecule is O=C(NO)c1cccc(NC(=O)c2nc(C3CCCCC3)[nH]c2CCC23CC4CC(CC(C4)C2)C3)c1. The van der Waals surface area contributed by atoms with Crippen LogP contribution in [0.3, 0.4) is 0 Å². The van der Waals surface area contributed by atoms with Crippen LogP contribution in [0.15, 0.2) is 24.3 Å². The zero-order valence-electron chi connectivity index (χ0n) is 21.0. The van der Waals surface area contributed by atoms with Crippen molar-refractivity contribution in [2.24, 2.45) is 23.2 Å². The lowest BCUT2D eigenvalue weighted by Crippen LogP contribution is -2.46. The van der Waals surface area contributed by atoms with Gasteiger partial charge < -0.3 is 10.3 Å². The van der Waals surface area contributed by atoms with E-state index in [2.05, 4.69) is 10.3 Å². The molecule has 5 aliphatic carbocycles. The van der Waals surface area contributed by atoms with Crippen LogP contribution in [0.2, 0.25) is 0 Å². The van der Waals surface area contributed by atoms with E-state index in [1.165, 1.54) is 57.8 Å². The van der Waals surface area contributed by atoms with Gasteiger partial charge >= 0.3 is 0 Å². The molecule has 2 amide bonds. The zero-order valence-corrected chi connectivity index (χ0v) is 21.0. The number of imidazole rings is 1. The number of aromatic amines is 1. The summed E-state index contributed by atoms with van der Waals surface area (Å²) in [7, 11) is 0. The van der Waals surface area contributed by atoms with E-state index in [0.29, 0.717) is 22.7 Å². The summed E-state index contributed by atoms with van der Waals surface area (Å²) in [5.74, 6) is 3.27. The number of aryl methyl sites for hydroxylation is 1. The first-order chi connectivity index (χ1) is 17.5. The lowest BCUT2D eigenvalue weighted by molar-refractivity contribution is -0.0570. The quantitative estimate of drug-likeness (QED) is 0.283. The van der Waals surface area contributed by atoms with Crippen LogP contribution in [-0.4, -0.2) is 27.0 Å². The molecule has 7 nitrogen and oxygen atoms in total. The van der Waals surface area contributed by atoms with Crippen molar-refractivity contribution in [3.63, 3.8) is 0 Å². The van der Waals surface area contributed by atoms with E-state index in [1.54, 1.807) is 29.7 Å². The monoisotopic (exact) mass is 490 g/mol. The van der Waals surface area contributed by atoms with Crippen LogP contribution < -0.4 is 10.8 Å². The normalized spacial score (nSPS) is 29.3. The minimum absolute atomic E-state index is 0.240. The Hall–Kier alpha value is -2.67. The Morgan fingerprint density at radius 3 is 2.36 bits per heavy atom.